The molecule has 2 rings (SSSR count). The molecule has 1 heterocycles. The Morgan fingerprint density at radius 1 is 1.30 bits per heavy atom. The highest BCUT2D eigenvalue weighted by molar-refractivity contribution is 7.13. The Kier molecular flexibility index (Phi) is 4.65. The van der Waals surface area contributed by atoms with Gasteiger partial charge in [-0.05, 0) is 43.2 Å². The van der Waals surface area contributed by atoms with Crippen LogP contribution in [-0.2, 0) is 0 Å². The lowest BCUT2D eigenvalue weighted by Gasteiger charge is -1.97. The number of halogens is 1. The lowest BCUT2D eigenvalue weighted by molar-refractivity contribution is 0.628. The third-order valence-corrected chi connectivity index (χ3v) is 4.01. The number of hydrogen-bond acceptors (Lipinski definition) is 3. The molecule has 20 heavy (non-hydrogen) atoms. The van der Waals surface area contributed by atoms with Gasteiger partial charge in [0.2, 0.25) is 0 Å². The van der Waals surface area contributed by atoms with Gasteiger partial charge < -0.3 is 0 Å². The van der Waals surface area contributed by atoms with Gasteiger partial charge >= 0.3 is 0 Å². The van der Waals surface area contributed by atoms with Crippen LogP contribution in [-0.4, -0.2) is 4.98 Å². The molecule has 0 bridgehead atoms. The lowest BCUT2D eigenvalue weighted by atomic mass is 10.1. The molecule has 1 aromatic heterocycles. The molecule has 0 aliphatic heterocycles. The van der Waals surface area contributed by atoms with E-state index in [2.05, 4.69) is 24.9 Å². The van der Waals surface area contributed by atoms with E-state index in [4.69, 9.17) is 0 Å². The maximum Gasteiger partial charge on any atom is 0.133 e. The average Bonchev–Trinajstić information content (AvgIpc) is 2.88. The Morgan fingerprint density at radius 2 is 1.95 bits per heavy atom. The van der Waals surface area contributed by atoms with Gasteiger partial charge in [-0.15, -0.1) is 11.3 Å². The Balaban J connectivity index is 2.45. The van der Waals surface area contributed by atoms with E-state index in [9.17, 15) is 9.65 Å². The van der Waals surface area contributed by atoms with Crippen molar-refractivity contribution >= 4 is 17.4 Å². The molecule has 102 valence electrons. The SMILES string of the molecule is CCC(=Cc1nc(-c2ccc(F)cc2)c(C#N)s1)CC. The first kappa shape index (κ1) is 14.4. The molecule has 0 atom stereocenters. The molecule has 2 aromatic rings. The largest absolute Gasteiger partial charge is 0.235 e. The molecule has 0 radical (unpaired) electrons. The van der Waals surface area contributed by atoms with Crippen molar-refractivity contribution in [3.05, 3.63) is 45.5 Å². The van der Waals surface area contributed by atoms with Gasteiger partial charge in [0.1, 0.15) is 21.8 Å². The molecule has 4 heteroatoms. The lowest BCUT2D eigenvalue weighted by Crippen LogP contribution is -1.83. The quantitative estimate of drug-likeness (QED) is 0.791. The van der Waals surface area contributed by atoms with Crippen LogP contribution in [0.5, 0.6) is 0 Å². The zero-order chi connectivity index (χ0) is 14.5. The van der Waals surface area contributed by atoms with E-state index >= 15 is 0 Å². The summed E-state index contributed by atoms with van der Waals surface area (Å²) in [6, 6.07) is 8.24. The second-order valence-electron chi connectivity index (χ2n) is 4.36. The summed E-state index contributed by atoms with van der Waals surface area (Å²) in [7, 11) is 0. The number of nitriles is 1. The first-order valence-corrected chi connectivity index (χ1v) is 7.35. The second-order valence-corrected chi connectivity index (χ2v) is 5.39. The summed E-state index contributed by atoms with van der Waals surface area (Å²) >= 11 is 1.38. The minimum absolute atomic E-state index is 0.290. The number of nitrogens with zero attached hydrogens (tertiary/aromatic N) is 2. The number of allylic oxidation sites excluding steroid dienone is 1. The smallest absolute Gasteiger partial charge is 0.133 e. The fourth-order valence-electron chi connectivity index (χ4n) is 1.91. The van der Waals surface area contributed by atoms with E-state index in [-0.39, 0.29) is 5.82 Å². The predicted molar refractivity (Wildman–Crippen MR) is 80.8 cm³/mol. The molecule has 0 amide bonds. The summed E-state index contributed by atoms with van der Waals surface area (Å²) in [4.78, 5) is 5.08. The van der Waals surface area contributed by atoms with Crippen LogP contribution in [0.25, 0.3) is 17.3 Å². The number of hydrogen-bond donors (Lipinski definition) is 0. The first-order valence-electron chi connectivity index (χ1n) is 6.54. The van der Waals surface area contributed by atoms with Gasteiger partial charge in [-0.25, -0.2) is 9.37 Å². The molecule has 0 N–H and O–H groups in total. The van der Waals surface area contributed by atoms with E-state index in [1.54, 1.807) is 12.1 Å². The van der Waals surface area contributed by atoms with Crippen molar-refractivity contribution in [3.8, 4) is 17.3 Å². The van der Waals surface area contributed by atoms with Gasteiger partial charge in [0.15, 0.2) is 0 Å². The van der Waals surface area contributed by atoms with Crippen molar-refractivity contribution in [2.45, 2.75) is 26.7 Å². The Morgan fingerprint density at radius 3 is 2.50 bits per heavy atom. The summed E-state index contributed by atoms with van der Waals surface area (Å²) in [6.45, 7) is 4.21. The molecule has 0 saturated carbocycles. The van der Waals surface area contributed by atoms with Crippen molar-refractivity contribution in [2.75, 3.05) is 0 Å². The maximum absolute atomic E-state index is 13.0. The van der Waals surface area contributed by atoms with E-state index in [0.717, 1.165) is 23.4 Å². The van der Waals surface area contributed by atoms with E-state index < -0.39 is 0 Å². The third kappa shape index (κ3) is 3.12. The molecular formula is C16H15FN2S. The first-order chi connectivity index (χ1) is 9.67. The molecule has 2 nitrogen and oxygen atoms in total. The van der Waals surface area contributed by atoms with Crippen molar-refractivity contribution in [2.24, 2.45) is 0 Å². The highest BCUT2D eigenvalue weighted by atomic mass is 32.1. The van der Waals surface area contributed by atoms with Crippen LogP contribution in [0.2, 0.25) is 0 Å². The van der Waals surface area contributed by atoms with E-state index in [1.807, 2.05) is 6.08 Å². The highest BCUT2D eigenvalue weighted by Crippen LogP contribution is 2.29. The van der Waals surface area contributed by atoms with Gasteiger partial charge in [0.05, 0.1) is 5.69 Å². The van der Waals surface area contributed by atoms with E-state index in [1.165, 1.54) is 29.0 Å². The number of thiazole rings is 1. The minimum atomic E-state index is -0.290. The van der Waals surface area contributed by atoms with E-state index in [0.29, 0.717) is 10.6 Å². The number of rotatable bonds is 4. The normalized spacial score (nSPS) is 10.1. The molecule has 0 aliphatic carbocycles. The van der Waals surface area contributed by atoms with Gasteiger partial charge in [-0.1, -0.05) is 19.4 Å². The van der Waals surface area contributed by atoms with Crippen LogP contribution in [0.4, 0.5) is 4.39 Å². The van der Waals surface area contributed by atoms with Gasteiger partial charge in [-0.2, -0.15) is 5.26 Å². The Hall–Kier alpha value is -1.99. The summed E-state index contributed by atoms with van der Waals surface area (Å²) in [5.41, 5.74) is 2.71. The summed E-state index contributed by atoms with van der Waals surface area (Å²) in [6.07, 6.45) is 3.99. The van der Waals surface area contributed by atoms with Crippen LogP contribution in [0.3, 0.4) is 0 Å². The molecular weight excluding hydrogens is 271 g/mol. The van der Waals surface area contributed by atoms with Gasteiger partial charge in [0.25, 0.3) is 0 Å². The standard InChI is InChI=1S/C16H15FN2S/c1-3-11(4-2)9-15-19-16(14(10-18)20-15)12-5-7-13(17)8-6-12/h5-9H,3-4H2,1-2H3. The van der Waals surface area contributed by atoms with Crippen LogP contribution in [0.1, 0.15) is 36.6 Å². The predicted octanol–water partition coefficient (Wildman–Crippen LogP) is 5.02. The van der Waals surface area contributed by atoms with Crippen molar-refractivity contribution in [1.29, 1.82) is 5.26 Å². The molecule has 0 unspecified atom stereocenters. The number of benzene rings is 1. The van der Waals surface area contributed by atoms with Crippen molar-refractivity contribution in [1.82, 2.24) is 4.98 Å². The maximum atomic E-state index is 13.0. The zero-order valence-electron chi connectivity index (χ0n) is 11.5. The van der Waals surface area contributed by atoms with Crippen LogP contribution in [0.15, 0.2) is 29.8 Å². The fourth-order valence-corrected chi connectivity index (χ4v) is 2.78. The fraction of sp³-hybridized carbons (Fsp3) is 0.250. The molecule has 0 fully saturated rings. The van der Waals surface area contributed by atoms with Crippen LogP contribution in [0, 0.1) is 17.1 Å². The molecule has 1 aromatic carbocycles. The van der Waals surface area contributed by atoms with Crippen molar-refractivity contribution in [3.63, 3.8) is 0 Å². The molecule has 0 saturated heterocycles. The topological polar surface area (TPSA) is 36.7 Å². The monoisotopic (exact) mass is 286 g/mol. The zero-order valence-corrected chi connectivity index (χ0v) is 12.3. The second kappa shape index (κ2) is 6.44. The Labute approximate surface area is 122 Å². The van der Waals surface area contributed by atoms with Gasteiger partial charge in [-0.3, -0.25) is 0 Å². The number of aromatic nitrogens is 1. The van der Waals surface area contributed by atoms with Crippen LogP contribution >= 0.6 is 11.3 Å². The summed E-state index contributed by atoms with van der Waals surface area (Å²) in [5.74, 6) is -0.290. The average molecular weight is 286 g/mol. The third-order valence-electron chi connectivity index (χ3n) is 3.10. The minimum Gasteiger partial charge on any atom is -0.235 e. The van der Waals surface area contributed by atoms with Crippen LogP contribution < -0.4 is 0 Å². The summed E-state index contributed by atoms with van der Waals surface area (Å²) < 4.78 is 13.0. The molecule has 0 spiro atoms. The van der Waals surface area contributed by atoms with Crippen molar-refractivity contribution < 1.29 is 4.39 Å². The Bertz CT molecular complexity index is 657. The molecule has 0 aliphatic rings. The highest BCUT2D eigenvalue weighted by Gasteiger charge is 2.12. The van der Waals surface area contributed by atoms with Gasteiger partial charge in [0, 0.05) is 5.56 Å². The summed E-state index contributed by atoms with van der Waals surface area (Å²) in [5, 5.41) is 10.1.